The molecule has 0 N–H and O–H groups in total. The van der Waals surface area contributed by atoms with Crippen molar-refractivity contribution < 1.29 is 4.74 Å². The standard InChI is InChI=1S/C26H35N7O2/c1-6-20-15-33(23-12-25(34)30(4)24-16-31(11-10-27)29-26(23)24)21(7-2)14-32(20)18(3)22-9-8-19(13-28-22)17-35-5/h8-9,12-13,16,18,20-21H,6-7,11,14-15,17H2,1-5H3/t18?,20-,21+/m1/s1. The van der Waals surface area contributed by atoms with E-state index in [0.29, 0.717) is 12.6 Å². The van der Waals surface area contributed by atoms with Gasteiger partial charge in [-0.2, -0.15) is 10.4 Å². The number of fused-ring (bicyclic) bond motifs is 1. The fraction of sp³-hybridized carbons (Fsp3) is 0.538. The predicted molar refractivity (Wildman–Crippen MR) is 136 cm³/mol. The number of nitriles is 1. The lowest BCUT2D eigenvalue weighted by Crippen LogP contribution is -2.59. The van der Waals surface area contributed by atoms with Gasteiger partial charge in [-0.25, -0.2) is 0 Å². The molecule has 0 radical (unpaired) electrons. The second-order valence-electron chi connectivity index (χ2n) is 9.32. The molecule has 9 heteroatoms. The Bertz CT molecular complexity index is 1260. The van der Waals surface area contributed by atoms with Gasteiger partial charge in [0.15, 0.2) is 0 Å². The number of nitrogens with zero attached hydrogens (tertiary/aromatic N) is 7. The molecule has 0 spiro atoms. The smallest absolute Gasteiger partial charge is 0.252 e. The lowest BCUT2D eigenvalue weighted by molar-refractivity contribution is 0.0991. The van der Waals surface area contributed by atoms with E-state index in [-0.39, 0.29) is 24.2 Å². The number of hydrogen-bond acceptors (Lipinski definition) is 7. The molecule has 1 fully saturated rings. The molecule has 3 atom stereocenters. The average molecular weight is 478 g/mol. The summed E-state index contributed by atoms with van der Waals surface area (Å²) in [4.78, 5) is 22.5. The van der Waals surface area contributed by atoms with E-state index < -0.39 is 0 Å². The van der Waals surface area contributed by atoms with E-state index in [0.717, 1.165) is 53.9 Å². The third-order valence-corrected chi connectivity index (χ3v) is 7.24. The minimum Gasteiger partial charge on any atom is -0.380 e. The number of rotatable bonds is 8. The molecule has 0 aliphatic carbocycles. The molecule has 9 nitrogen and oxygen atoms in total. The Morgan fingerprint density at radius 2 is 2.00 bits per heavy atom. The lowest BCUT2D eigenvalue weighted by Gasteiger charge is -2.49. The van der Waals surface area contributed by atoms with Crippen LogP contribution in [0, 0.1) is 11.3 Å². The van der Waals surface area contributed by atoms with Crippen LogP contribution in [0.4, 0.5) is 5.69 Å². The number of hydrogen-bond donors (Lipinski definition) is 0. The third-order valence-electron chi connectivity index (χ3n) is 7.24. The van der Waals surface area contributed by atoms with Crippen LogP contribution in [0.2, 0.25) is 0 Å². The minimum atomic E-state index is -0.0666. The van der Waals surface area contributed by atoms with Gasteiger partial charge in [0.1, 0.15) is 12.1 Å². The zero-order chi connectivity index (χ0) is 25.1. The Hall–Kier alpha value is -3.22. The van der Waals surface area contributed by atoms with Crippen molar-refractivity contribution in [3.63, 3.8) is 0 Å². The second kappa shape index (κ2) is 10.6. The largest absolute Gasteiger partial charge is 0.380 e. The summed E-state index contributed by atoms with van der Waals surface area (Å²) in [6, 6.07) is 8.73. The maximum atomic E-state index is 12.8. The van der Waals surface area contributed by atoms with Crippen LogP contribution in [0.3, 0.4) is 0 Å². The molecule has 3 aromatic rings. The van der Waals surface area contributed by atoms with Gasteiger partial charge in [0, 0.05) is 57.6 Å². The maximum Gasteiger partial charge on any atom is 0.252 e. The van der Waals surface area contributed by atoms with Gasteiger partial charge in [-0.3, -0.25) is 19.4 Å². The van der Waals surface area contributed by atoms with Crippen molar-refractivity contribution in [3.8, 4) is 6.07 Å². The van der Waals surface area contributed by atoms with Gasteiger partial charge in [-0.05, 0) is 31.4 Å². The van der Waals surface area contributed by atoms with Gasteiger partial charge in [0.25, 0.3) is 5.56 Å². The van der Waals surface area contributed by atoms with Crippen LogP contribution in [0.1, 0.15) is 50.9 Å². The highest BCUT2D eigenvalue weighted by Gasteiger charge is 2.36. The summed E-state index contributed by atoms with van der Waals surface area (Å²) in [7, 11) is 3.45. The van der Waals surface area contributed by atoms with Crippen molar-refractivity contribution in [1.82, 2.24) is 24.2 Å². The van der Waals surface area contributed by atoms with Crippen molar-refractivity contribution >= 4 is 16.7 Å². The molecule has 35 heavy (non-hydrogen) atoms. The normalized spacial score (nSPS) is 19.7. The van der Waals surface area contributed by atoms with Gasteiger partial charge in [0.2, 0.25) is 0 Å². The maximum absolute atomic E-state index is 12.8. The minimum absolute atomic E-state index is 0.0666. The molecular formula is C26H35N7O2. The third kappa shape index (κ3) is 4.81. The van der Waals surface area contributed by atoms with E-state index in [4.69, 9.17) is 15.0 Å². The Balaban J connectivity index is 1.67. The van der Waals surface area contributed by atoms with Crippen LogP contribution < -0.4 is 10.5 Å². The molecule has 3 aromatic heterocycles. The van der Waals surface area contributed by atoms with E-state index in [1.54, 1.807) is 35.7 Å². The first-order chi connectivity index (χ1) is 16.9. The van der Waals surface area contributed by atoms with Crippen LogP contribution in [-0.2, 0) is 24.9 Å². The first kappa shape index (κ1) is 24.9. The Kier molecular flexibility index (Phi) is 7.53. The Morgan fingerprint density at radius 3 is 2.63 bits per heavy atom. The fourth-order valence-electron chi connectivity index (χ4n) is 5.17. The van der Waals surface area contributed by atoms with E-state index in [1.165, 1.54) is 0 Å². The van der Waals surface area contributed by atoms with Crippen molar-refractivity contribution in [1.29, 1.82) is 5.26 Å². The highest BCUT2D eigenvalue weighted by molar-refractivity contribution is 5.88. The number of ether oxygens (including phenoxy) is 1. The quantitative estimate of drug-likeness (QED) is 0.492. The summed E-state index contributed by atoms with van der Waals surface area (Å²) in [6.45, 7) is 9.01. The molecule has 1 unspecified atom stereocenters. The number of piperazine rings is 1. The first-order valence-corrected chi connectivity index (χ1v) is 12.3. The molecule has 0 aromatic carbocycles. The number of anilines is 1. The van der Waals surface area contributed by atoms with Crippen LogP contribution in [0.15, 0.2) is 35.4 Å². The number of pyridine rings is 2. The highest BCUT2D eigenvalue weighted by atomic mass is 16.5. The topological polar surface area (TPSA) is 92.2 Å². The molecule has 0 amide bonds. The molecule has 186 valence electrons. The summed E-state index contributed by atoms with van der Waals surface area (Å²) in [5.74, 6) is 0. The van der Waals surface area contributed by atoms with Crippen molar-refractivity contribution in [2.75, 3.05) is 25.1 Å². The summed E-state index contributed by atoms with van der Waals surface area (Å²) in [6.07, 6.45) is 5.61. The molecule has 1 saturated heterocycles. The highest BCUT2D eigenvalue weighted by Crippen LogP contribution is 2.34. The number of aromatic nitrogens is 4. The molecule has 4 rings (SSSR count). The van der Waals surface area contributed by atoms with Gasteiger partial charge in [-0.15, -0.1) is 0 Å². The van der Waals surface area contributed by atoms with Crippen molar-refractivity contribution in [2.45, 2.75) is 64.9 Å². The van der Waals surface area contributed by atoms with E-state index in [9.17, 15) is 4.79 Å². The number of methoxy groups -OCH3 is 1. The summed E-state index contributed by atoms with van der Waals surface area (Å²) >= 11 is 0. The van der Waals surface area contributed by atoms with E-state index in [1.807, 2.05) is 6.20 Å². The number of aryl methyl sites for hydroxylation is 1. The molecule has 0 saturated carbocycles. The fourth-order valence-corrected chi connectivity index (χ4v) is 5.17. The lowest BCUT2D eigenvalue weighted by atomic mass is 9.98. The molecule has 1 aliphatic heterocycles. The summed E-state index contributed by atoms with van der Waals surface area (Å²) < 4.78 is 8.44. The predicted octanol–water partition coefficient (Wildman–Crippen LogP) is 3.24. The SMILES string of the molecule is CC[C@H]1CN(C(C)c2ccc(COC)cn2)[C@H](CC)CN1c1cc(=O)n(C)c2cn(CC#N)nc12. The summed E-state index contributed by atoms with van der Waals surface area (Å²) in [5, 5.41) is 13.8. The average Bonchev–Trinajstić information content (AvgIpc) is 3.30. The van der Waals surface area contributed by atoms with Gasteiger partial charge in [0.05, 0.1) is 35.8 Å². The molecular weight excluding hydrogens is 442 g/mol. The van der Waals surface area contributed by atoms with Crippen molar-refractivity contribution in [3.05, 3.63) is 52.2 Å². The monoisotopic (exact) mass is 477 g/mol. The molecule has 4 heterocycles. The molecule has 1 aliphatic rings. The van der Waals surface area contributed by atoms with Crippen LogP contribution >= 0.6 is 0 Å². The van der Waals surface area contributed by atoms with Crippen LogP contribution in [0.25, 0.3) is 11.0 Å². The zero-order valence-electron chi connectivity index (χ0n) is 21.3. The summed E-state index contributed by atoms with van der Waals surface area (Å²) in [5.41, 5.74) is 4.44. The second-order valence-corrected chi connectivity index (χ2v) is 9.32. The van der Waals surface area contributed by atoms with Gasteiger partial charge in [-0.1, -0.05) is 19.9 Å². The van der Waals surface area contributed by atoms with Crippen LogP contribution in [-0.4, -0.2) is 56.5 Å². The Labute approximate surface area is 206 Å². The van der Waals surface area contributed by atoms with E-state index >= 15 is 0 Å². The Morgan fingerprint density at radius 1 is 1.23 bits per heavy atom. The van der Waals surface area contributed by atoms with Gasteiger partial charge >= 0.3 is 0 Å². The zero-order valence-corrected chi connectivity index (χ0v) is 21.3. The van der Waals surface area contributed by atoms with Gasteiger partial charge < -0.3 is 14.2 Å². The van der Waals surface area contributed by atoms with Crippen molar-refractivity contribution in [2.24, 2.45) is 7.05 Å². The first-order valence-electron chi connectivity index (χ1n) is 12.3. The molecule has 0 bridgehead atoms. The van der Waals surface area contributed by atoms with Crippen LogP contribution in [0.5, 0.6) is 0 Å². The van der Waals surface area contributed by atoms with E-state index in [2.05, 4.69) is 53.9 Å².